The van der Waals surface area contributed by atoms with Gasteiger partial charge in [-0.2, -0.15) is 0 Å². The zero-order chi connectivity index (χ0) is 8.85. The van der Waals surface area contributed by atoms with Crippen LogP contribution in [0.25, 0.3) is 0 Å². The molecular formula is C7H12O4. The van der Waals surface area contributed by atoms with E-state index in [-0.39, 0.29) is 6.61 Å². The Labute approximate surface area is 65.2 Å². The molecule has 1 N–H and O–H groups in total. The van der Waals surface area contributed by atoms with Crippen LogP contribution >= 0.6 is 0 Å². The molecule has 0 saturated heterocycles. The molecule has 11 heavy (non-hydrogen) atoms. The van der Waals surface area contributed by atoms with Gasteiger partial charge in [-0.3, -0.25) is 4.79 Å². The second-order valence-electron chi connectivity index (χ2n) is 2.23. The van der Waals surface area contributed by atoms with Gasteiger partial charge in [-0.25, -0.2) is 4.79 Å². The molecule has 1 atom stereocenters. The number of ether oxygens (including phenoxy) is 1. The van der Waals surface area contributed by atoms with Gasteiger partial charge in [0.2, 0.25) is 5.78 Å². The van der Waals surface area contributed by atoms with E-state index in [0.29, 0.717) is 6.42 Å². The first-order chi connectivity index (χ1) is 5.13. The first kappa shape index (κ1) is 10.1. The van der Waals surface area contributed by atoms with Crippen LogP contribution in [-0.4, -0.2) is 30.6 Å². The lowest BCUT2D eigenvalue weighted by Crippen LogP contribution is -2.26. The second-order valence-corrected chi connectivity index (χ2v) is 2.23. The quantitative estimate of drug-likeness (QED) is 0.588. The van der Waals surface area contributed by atoms with E-state index >= 15 is 0 Å². The van der Waals surface area contributed by atoms with E-state index in [2.05, 4.69) is 4.74 Å². The fraction of sp³-hybridized carbons (Fsp3) is 0.714. The van der Waals surface area contributed by atoms with Crippen LogP contribution in [0.5, 0.6) is 0 Å². The van der Waals surface area contributed by atoms with E-state index in [0.717, 1.165) is 0 Å². The third-order valence-corrected chi connectivity index (χ3v) is 1.44. The Hall–Kier alpha value is -0.900. The minimum atomic E-state index is -1.38. The predicted octanol–water partition coefficient (Wildman–Crippen LogP) is 0.313. The Bertz CT molecular complexity index is 153. The number of hydrogen-bond donors (Lipinski definition) is 1. The summed E-state index contributed by atoms with van der Waals surface area (Å²) in [6.45, 7) is 1.94. The number of rotatable bonds is 5. The van der Waals surface area contributed by atoms with Crippen LogP contribution in [-0.2, 0) is 14.3 Å². The summed E-state index contributed by atoms with van der Waals surface area (Å²) in [5.41, 5.74) is 0. The number of carbonyl (C=O) groups is 2. The van der Waals surface area contributed by atoms with Crippen LogP contribution in [0.4, 0.5) is 0 Å². The van der Waals surface area contributed by atoms with Gasteiger partial charge in [-0.05, 0) is 6.42 Å². The number of Topliss-reactive ketones (excluding diaryl/α,β-unsaturated/α-hetero) is 1. The molecule has 0 aromatic carbocycles. The summed E-state index contributed by atoms with van der Waals surface area (Å²) in [5, 5.41) is 8.31. The van der Waals surface area contributed by atoms with Crippen LogP contribution in [0.15, 0.2) is 0 Å². The fourth-order valence-electron chi connectivity index (χ4n) is 0.755. The summed E-state index contributed by atoms with van der Waals surface area (Å²) in [6, 6.07) is 0. The van der Waals surface area contributed by atoms with Crippen molar-refractivity contribution in [3.63, 3.8) is 0 Å². The van der Waals surface area contributed by atoms with Crippen LogP contribution < -0.4 is 0 Å². The van der Waals surface area contributed by atoms with E-state index < -0.39 is 17.7 Å². The first-order valence-electron chi connectivity index (χ1n) is 3.39. The first-order valence-corrected chi connectivity index (χ1v) is 3.39. The van der Waals surface area contributed by atoms with Gasteiger partial charge in [0.25, 0.3) is 0 Å². The molecule has 0 saturated carbocycles. The van der Waals surface area contributed by atoms with E-state index in [1.54, 1.807) is 6.92 Å². The number of ketones is 1. The Morgan fingerprint density at radius 2 is 2.09 bits per heavy atom. The summed E-state index contributed by atoms with van der Waals surface area (Å²) >= 11 is 0. The average molecular weight is 160 g/mol. The molecule has 0 rings (SSSR count). The standard InChI is InChI=1S/C7H12O4/c1-3-5(4-11-2)6(8)7(9)10/h5H,3-4H2,1-2H3,(H,9,10). The number of carboxylic acids is 1. The van der Waals surface area contributed by atoms with E-state index in [1.807, 2.05) is 0 Å². The molecule has 0 aliphatic carbocycles. The Morgan fingerprint density at radius 3 is 2.36 bits per heavy atom. The molecule has 0 bridgehead atoms. The molecular weight excluding hydrogens is 148 g/mol. The van der Waals surface area contributed by atoms with Crippen molar-refractivity contribution in [1.82, 2.24) is 0 Å². The molecule has 0 aliphatic heterocycles. The summed E-state index contributed by atoms with van der Waals surface area (Å²) in [5.74, 6) is -2.65. The van der Waals surface area contributed by atoms with Crippen LogP contribution in [0.3, 0.4) is 0 Å². The highest BCUT2D eigenvalue weighted by molar-refractivity contribution is 6.33. The summed E-state index contributed by atoms with van der Waals surface area (Å²) in [4.78, 5) is 21.0. The van der Waals surface area contributed by atoms with Crippen molar-refractivity contribution in [2.24, 2.45) is 5.92 Å². The van der Waals surface area contributed by atoms with Crippen LogP contribution in [0, 0.1) is 5.92 Å². The van der Waals surface area contributed by atoms with Crippen molar-refractivity contribution in [2.75, 3.05) is 13.7 Å². The zero-order valence-electron chi connectivity index (χ0n) is 6.66. The molecule has 1 unspecified atom stereocenters. The zero-order valence-corrected chi connectivity index (χ0v) is 6.66. The maximum atomic E-state index is 10.8. The fourth-order valence-corrected chi connectivity index (χ4v) is 0.755. The van der Waals surface area contributed by atoms with E-state index in [4.69, 9.17) is 5.11 Å². The van der Waals surface area contributed by atoms with Gasteiger partial charge in [-0.1, -0.05) is 6.92 Å². The third kappa shape index (κ3) is 3.13. The molecule has 4 heteroatoms. The van der Waals surface area contributed by atoms with Gasteiger partial charge in [0, 0.05) is 7.11 Å². The van der Waals surface area contributed by atoms with Crippen LogP contribution in [0.1, 0.15) is 13.3 Å². The molecule has 0 spiro atoms. The molecule has 0 fully saturated rings. The normalized spacial score (nSPS) is 12.5. The largest absolute Gasteiger partial charge is 0.475 e. The predicted molar refractivity (Wildman–Crippen MR) is 38.3 cm³/mol. The van der Waals surface area contributed by atoms with Gasteiger partial charge < -0.3 is 9.84 Å². The smallest absolute Gasteiger partial charge is 0.372 e. The van der Waals surface area contributed by atoms with Crippen molar-refractivity contribution in [3.8, 4) is 0 Å². The van der Waals surface area contributed by atoms with Gasteiger partial charge in [0.05, 0.1) is 12.5 Å². The van der Waals surface area contributed by atoms with Crippen molar-refractivity contribution in [3.05, 3.63) is 0 Å². The summed E-state index contributed by atoms with van der Waals surface area (Å²) in [6.07, 6.45) is 0.499. The summed E-state index contributed by atoms with van der Waals surface area (Å²) in [7, 11) is 1.44. The van der Waals surface area contributed by atoms with Gasteiger partial charge >= 0.3 is 5.97 Å². The molecule has 0 heterocycles. The SMILES string of the molecule is CCC(COC)C(=O)C(=O)O. The van der Waals surface area contributed by atoms with Crippen LogP contribution in [0.2, 0.25) is 0 Å². The maximum absolute atomic E-state index is 10.8. The molecule has 0 radical (unpaired) electrons. The molecule has 0 aromatic heterocycles. The monoisotopic (exact) mass is 160 g/mol. The molecule has 0 amide bonds. The van der Waals surface area contributed by atoms with Gasteiger partial charge in [-0.15, -0.1) is 0 Å². The number of hydrogen-bond acceptors (Lipinski definition) is 3. The third-order valence-electron chi connectivity index (χ3n) is 1.44. The Balaban J connectivity index is 4.02. The van der Waals surface area contributed by atoms with Crippen molar-refractivity contribution in [1.29, 1.82) is 0 Å². The van der Waals surface area contributed by atoms with E-state index in [1.165, 1.54) is 7.11 Å². The molecule has 0 aliphatic rings. The molecule has 4 nitrogen and oxygen atoms in total. The number of carboxylic acid groups (broad SMARTS) is 1. The maximum Gasteiger partial charge on any atom is 0.372 e. The lowest BCUT2D eigenvalue weighted by molar-refractivity contribution is -0.151. The number of carbonyl (C=O) groups excluding carboxylic acids is 1. The Morgan fingerprint density at radius 1 is 1.55 bits per heavy atom. The topological polar surface area (TPSA) is 63.6 Å². The minimum Gasteiger partial charge on any atom is -0.475 e. The van der Waals surface area contributed by atoms with E-state index in [9.17, 15) is 9.59 Å². The highest BCUT2D eigenvalue weighted by Gasteiger charge is 2.22. The average Bonchev–Trinajstić information content (AvgIpc) is 1.98. The minimum absolute atomic E-state index is 0.182. The molecule has 0 aromatic rings. The molecule has 64 valence electrons. The van der Waals surface area contributed by atoms with Gasteiger partial charge in [0.1, 0.15) is 0 Å². The lowest BCUT2D eigenvalue weighted by Gasteiger charge is -2.08. The number of aliphatic carboxylic acids is 1. The highest BCUT2D eigenvalue weighted by Crippen LogP contribution is 2.04. The lowest BCUT2D eigenvalue weighted by atomic mass is 10.0. The Kier molecular flexibility index (Phi) is 4.45. The van der Waals surface area contributed by atoms with Crippen molar-refractivity contribution < 1.29 is 19.4 Å². The van der Waals surface area contributed by atoms with Crippen molar-refractivity contribution >= 4 is 11.8 Å². The number of methoxy groups -OCH3 is 1. The second kappa shape index (κ2) is 4.85. The highest BCUT2D eigenvalue weighted by atomic mass is 16.5. The van der Waals surface area contributed by atoms with Gasteiger partial charge in [0.15, 0.2) is 0 Å². The summed E-state index contributed by atoms with van der Waals surface area (Å²) < 4.78 is 4.68. The van der Waals surface area contributed by atoms with Crippen molar-refractivity contribution in [2.45, 2.75) is 13.3 Å².